The minimum Gasteiger partial charge on any atom is -0.272 e. The van der Waals surface area contributed by atoms with E-state index in [0.29, 0.717) is 10.6 Å². The standard InChI is InChI=1S/C16H15BrClN3O3S/c1-21(25(23,24)14-8-6-13(17)7-9-14)11-16(22)20-19-10-12-4-2-3-5-15(12)18/h2-10H,11H2,1H3,(H,20,22)/b19-10-. The minimum atomic E-state index is -3.76. The number of halogens is 2. The van der Waals surface area contributed by atoms with Gasteiger partial charge in [-0.2, -0.15) is 9.41 Å². The number of rotatable bonds is 6. The van der Waals surface area contributed by atoms with Gasteiger partial charge in [-0.05, 0) is 30.3 Å². The second kappa shape index (κ2) is 8.57. The summed E-state index contributed by atoms with van der Waals surface area (Å²) < 4.78 is 26.5. The molecule has 0 unspecified atom stereocenters. The molecular weight excluding hydrogens is 430 g/mol. The van der Waals surface area contributed by atoms with Crippen LogP contribution in [0, 0.1) is 0 Å². The SMILES string of the molecule is CN(CC(=O)N/N=C\c1ccccc1Cl)S(=O)(=O)c1ccc(Br)cc1. The Kier molecular flexibility index (Phi) is 6.71. The van der Waals surface area contributed by atoms with E-state index in [0.717, 1.165) is 8.78 Å². The molecule has 1 N–H and O–H groups in total. The molecule has 0 saturated carbocycles. The third kappa shape index (κ3) is 5.37. The van der Waals surface area contributed by atoms with E-state index in [1.807, 2.05) is 0 Å². The molecule has 0 aromatic heterocycles. The largest absolute Gasteiger partial charge is 0.272 e. The summed E-state index contributed by atoms with van der Waals surface area (Å²) in [6.07, 6.45) is 1.39. The molecule has 2 rings (SSSR count). The first kappa shape index (κ1) is 19.6. The van der Waals surface area contributed by atoms with Gasteiger partial charge < -0.3 is 0 Å². The fraction of sp³-hybridized carbons (Fsp3) is 0.125. The number of nitrogens with one attached hydrogen (secondary N) is 1. The summed E-state index contributed by atoms with van der Waals surface area (Å²) in [6.45, 7) is -0.363. The lowest BCUT2D eigenvalue weighted by atomic mass is 10.2. The van der Waals surface area contributed by atoms with E-state index in [1.54, 1.807) is 36.4 Å². The molecule has 0 radical (unpaired) electrons. The van der Waals surface area contributed by atoms with Crippen molar-refractivity contribution in [2.45, 2.75) is 4.90 Å². The lowest BCUT2D eigenvalue weighted by Gasteiger charge is -2.16. The highest BCUT2D eigenvalue weighted by Crippen LogP contribution is 2.17. The van der Waals surface area contributed by atoms with Crippen LogP contribution in [0.5, 0.6) is 0 Å². The number of hydrogen-bond acceptors (Lipinski definition) is 4. The molecule has 0 heterocycles. The van der Waals surface area contributed by atoms with Crippen LogP contribution in [0.15, 0.2) is 63.0 Å². The highest BCUT2D eigenvalue weighted by atomic mass is 79.9. The molecule has 2 aromatic rings. The Hall–Kier alpha value is -1.74. The average Bonchev–Trinajstić information content (AvgIpc) is 2.57. The normalized spacial score (nSPS) is 11.8. The summed E-state index contributed by atoms with van der Waals surface area (Å²) in [7, 11) is -2.43. The minimum absolute atomic E-state index is 0.102. The summed E-state index contributed by atoms with van der Waals surface area (Å²) in [6, 6.07) is 13.2. The van der Waals surface area contributed by atoms with Crippen molar-refractivity contribution >= 4 is 49.7 Å². The van der Waals surface area contributed by atoms with E-state index in [-0.39, 0.29) is 11.4 Å². The second-order valence-corrected chi connectivity index (χ2v) is 8.40. The van der Waals surface area contributed by atoms with Crippen LogP contribution >= 0.6 is 27.5 Å². The van der Waals surface area contributed by atoms with Gasteiger partial charge in [-0.15, -0.1) is 0 Å². The molecule has 0 spiro atoms. The lowest BCUT2D eigenvalue weighted by molar-refractivity contribution is -0.121. The third-order valence-electron chi connectivity index (χ3n) is 3.19. The molecule has 132 valence electrons. The summed E-state index contributed by atoms with van der Waals surface area (Å²) in [5, 5.41) is 4.28. The van der Waals surface area contributed by atoms with Crippen LogP contribution in [0.2, 0.25) is 5.02 Å². The molecule has 9 heteroatoms. The summed E-state index contributed by atoms with van der Waals surface area (Å²) in [4.78, 5) is 12.0. The fourth-order valence-corrected chi connectivity index (χ4v) is 3.44. The zero-order chi connectivity index (χ0) is 18.4. The Labute approximate surface area is 159 Å². The van der Waals surface area contributed by atoms with Gasteiger partial charge in [-0.3, -0.25) is 4.79 Å². The Balaban J connectivity index is 1.97. The molecule has 0 aliphatic carbocycles. The zero-order valence-electron chi connectivity index (χ0n) is 13.2. The van der Waals surface area contributed by atoms with Gasteiger partial charge in [0.05, 0.1) is 17.7 Å². The van der Waals surface area contributed by atoms with Crippen molar-refractivity contribution in [2.24, 2.45) is 5.10 Å². The second-order valence-electron chi connectivity index (χ2n) is 5.03. The molecule has 2 aromatic carbocycles. The van der Waals surface area contributed by atoms with Gasteiger partial charge in [-0.1, -0.05) is 45.7 Å². The summed E-state index contributed by atoms with van der Waals surface area (Å²) >= 11 is 9.21. The molecule has 6 nitrogen and oxygen atoms in total. The van der Waals surface area contributed by atoms with Crippen LogP contribution in [-0.2, 0) is 14.8 Å². The predicted molar refractivity (Wildman–Crippen MR) is 101 cm³/mol. The van der Waals surface area contributed by atoms with Crippen molar-refractivity contribution in [1.82, 2.24) is 9.73 Å². The summed E-state index contributed by atoms with van der Waals surface area (Å²) in [5.74, 6) is -0.563. The number of carbonyl (C=O) groups excluding carboxylic acids is 1. The number of nitrogens with zero attached hydrogens (tertiary/aromatic N) is 2. The highest BCUT2D eigenvalue weighted by molar-refractivity contribution is 9.10. The first-order valence-corrected chi connectivity index (χ1v) is 9.70. The topological polar surface area (TPSA) is 78.8 Å². The van der Waals surface area contributed by atoms with Crippen LogP contribution in [0.25, 0.3) is 0 Å². The predicted octanol–water partition coefficient (Wildman–Crippen LogP) is 2.87. The number of hydrogen-bond donors (Lipinski definition) is 1. The highest BCUT2D eigenvalue weighted by Gasteiger charge is 2.22. The molecular formula is C16H15BrClN3O3S. The first-order chi connectivity index (χ1) is 11.8. The third-order valence-corrected chi connectivity index (χ3v) is 5.88. The van der Waals surface area contributed by atoms with Crippen LogP contribution < -0.4 is 5.43 Å². The summed E-state index contributed by atoms with van der Waals surface area (Å²) in [5.41, 5.74) is 2.92. The number of carbonyl (C=O) groups is 1. The van der Waals surface area contributed by atoms with Crippen molar-refractivity contribution in [3.05, 3.63) is 63.6 Å². The van der Waals surface area contributed by atoms with Crippen molar-refractivity contribution in [3.8, 4) is 0 Å². The van der Waals surface area contributed by atoms with Gasteiger partial charge in [0.2, 0.25) is 10.0 Å². The quantitative estimate of drug-likeness (QED) is 0.550. The molecule has 0 atom stereocenters. The maximum atomic E-state index is 12.4. The maximum Gasteiger partial charge on any atom is 0.255 e. The van der Waals surface area contributed by atoms with Crippen molar-refractivity contribution in [1.29, 1.82) is 0 Å². The van der Waals surface area contributed by atoms with E-state index in [4.69, 9.17) is 11.6 Å². The molecule has 0 bridgehead atoms. The van der Waals surface area contributed by atoms with E-state index in [1.165, 1.54) is 25.4 Å². The number of benzene rings is 2. The molecule has 0 aliphatic heterocycles. The van der Waals surface area contributed by atoms with Crippen LogP contribution in [0.4, 0.5) is 0 Å². The number of likely N-dealkylation sites (N-methyl/N-ethyl adjacent to an activating group) is 1. The van der Waals surface area contributed by atoms with Gasteiger partial charge in [0, 0.05) is 22.1 Å². The average molecular weight is 445 g/mol. The van der Waals surface area contributed by atoms with Gasteiger partial charge in [-0.25, -0.2) is 13.8 Å². The fourth-order valence-electron chi connectivity index (χ4n) is 1.86. The Morgan fingerprint density at radius 3 is 2.52 bits per heavy atom. The zero-order valence-corrected chi connectivity index (χ0v) is 16.3. The van der Waals surface area contributed by atoms with Gasteiger partial charge in [0.15, 0.2) is 0 Å². The van der Waals surface area contributed by atoms with E-state index in [9.17, 15) is 13.2 Å². The smallest absolute Gasteiger partial charge is 0.255 e. The van der Waals surface area contributed by atoms with Crippen molar-refractivity contribution in [2.75, 3.05) is 13.6 Å². The number of sulfonamides is 1. The Bertz CT molecular complexity index is 886. The molecule has 1 amide bonds. The monoisotopic (exact) mass is 443 g/mol. The van der Waals surface area contributed by atoms with E-state index >= 15 is 0 Å². The molecule has 0 fully saturated rings. The first-order valence-electron chi connectivity index (χ1n) is 7.09. The lowest BCUT2D eigenvalue weighted by Crippen LogP contribution is -2.36. The van der Waals surface area contributed by atoms with Crippen molar-refractivity contribution < 1.29 is 13.2 Å². The molecule has 25 heavy (non-hydrogen) atoms. The van der Waals surface area contributed by atoms with Gasteiger partial charge in [0.1, 0.15) is 0 Å². The Morgan fingerprint density at radius 2 is 1.88 bits per heavy atom. The van der Waals surface area contributed by atoms with Crippen LogP contribution in [-0.4, -0.2) is 38.4 Å². The molecule has 0 aliphatic rings. The molecule has 0 saturated heterocycles. The van der Waals surface area contributed by atoms with Crippen molar-refractivity contribution in [3.63, 3.8) is 0 Å². The van der Waals surface area contributed by atoms with E-state index < -0.39 is 15.9 Å². The number of amides is 1. The number of hydrazone groups is 1. The van der Waals surface area contributed by atoms with E-state index in [2.05, 4.69) is 26.5 Å². The Morgan fingerprint density at radius 1 is 1.24 bits per heavy atom. The maximum absolute atomic E-state index is 12.4. The van der Waals surface area contributed by atoms with Gasteiger partial charge in [0.25, 0.3) is 5.91 Å². The van der Waals surface area contributed by atoms with Gasteiger partial charge >= 0.3 is 0 Å². The van der Waals surface area contributed by atoms with Crippen LogP contribution in [0.3, 0.4) is 0 Å². The van der Waals surface area contributed by atoms with Crippen LogP contribution in [0.1, 0.15) is 5.56 Å².